The predicted octanol–water partition coefficient (Wildman–Crippen LogP) is 4.04. The number of aryl methyl sites for hydroxylation is 2. The Morgan fingerprint density at radius 2 is 2.21 bits per heavy atom. The van der Waals surface area contributed by atoms with Crippen LogP contribution in [0.5, 0.6) is 0 Å². The molecule has 0 amide bonds. The van der Waals surface area contributed by atoms with E-state index in [1.165, 1.54) is 0 Å². The van der Waals surface area contributed by atoms with Crippen molar-refractivity contribution >= 4 is 33.4 Å². The van der Waals surface area contributed by atoms with Crippen LogP contribution in [0.2, 0.25) is 5.02 Å². The van der Waals surface area contributed by atoms with Crippen molar-refractivity contribution < 1.29 is 9.84 Å². The van der Waals surface area contributed by atoms with Crippen molar-refractivity contribution in [3.63, 3.8) is 0 Å². The Morgan fingerprint density at radius 1 is 1.36 bits per heavy atom. The van der Waals surface area contributed by atoms with Gasteiger partial charge >= 0.3 is 0 Å². The maximum Gasteiger partial charge on any atom is 0.262 e. The molecule has 0 radical (unpaired) electrons. The fourth-order valence-electron chi connectivity index (χ4n) is 4.15. The van der Waals surface area contributed by atoms with Crippen molar-refractivity contribution in [3.8, 4) is 0 Å². The topological polar surface area (TPSA) is 69.3 Å². The molecule has 3 heterocycles. The third-order valence-electron chi connectivity index (χ3n) is 5.42. The van der Waals surface area contributed by atoms with Crippen molar-refractivity contribution in [2.45, 2.75) is 58.2 Å². The number of nitrogens with zero attached hydrogens (tertiary/aromatic N) is 3. The maximum atomic E-state index is 13.5. The van der Waals surface area contributed by atoms with Crippen LogP contribution in [0.15, 0.2) is 23.0 Å². The summed E-state index contributed by atoms with van der Waals surface area (Å²) in [6.45, 7) is 3.47. The van der Waals surface area contributed by atoms with Crippen molar-refractivity contribution in [3.05, 3.63) is 39.3 Å². The molecule has 1 atom stereocenters. The molecule has 1 N–H and O–H groups in total. The van der Waals surface area contributed by atoms with Gasteiger partial charge in [0.15, 0.2) is 6.23 Å². The van der Waals surface area contributed by atoms with Crippen LogP contribution in [0.25, 0.3) is 21.8 Å². The number of halogens is 1. The van der Waals surface area contributed by atoms with E-state index in [0.29, 0.717) is 41.9 Å². The van der Waals surface area contributed by atoms with Crippen LogP contribution in [0.3, 0.4) is 0 Å². The molecular formula is C21H26ClN3O3. The first-order chi connectivity index (χ1) is 13.7. The highest BCUT2D eigenvalue weighted by Gasteiger charge is 2.25. The number of fused-ring (bicyclic) bond motifs is 3. The molecule has 2 aromatic heterocycles. The molecule has 1 unspecified atom stereocenters. The number of aliphatic hydroxyl groups excluding tert-OH is 1. The highest BCUT2D eigenvalue weighted by Crippen LogP contribution is 2.31. The Hall–Kier alpha value is -1.89. The van der Waals surface area contributed by atoms with Gasteiger partial charge in [0.25, 0.3) is 5.56 Å². The molecule has 150 valence electrons. The van der Waals surface area contributed by atoms with Gasteiger partial charge in [-0.05, 0) is 56.7 Å². The Morgan fingerprint density at radius 3 is 2.93 bits per heavy atom. The molecule has 3 aromatic rings. The lowest BCUT2D eigenvalue weighted by atomic mass is 10.1. The zero-order chi connectivity index (χ0) is 19.7. The average Bonchev–Trinajstić information content (AvgIpc) is 3.10. The van der Waals surface area contributed by atoms with Gasteiger partial charge in [-0.15, -0.1) is 0 Å². The van der Waals surface area contributed by atoms with Crippen molar-refractivity contribution in [1.82, 2.24) is 14.3 Å². The van der Waals surface area contributed by atoms with E-state index >= 15 is 0 Å². The van der Waals surface area contributed by atoms with Crippen LogP contribution in [0.4, 0.5) is 0 Å². The Bertz CT molecular complexity index is 1050. The van der Waals surface area contributed by atoms with Gasteiger partial charge in [0.2, 0.25) is 0 Å². The van der Waals surface area contributed by atoms with Gasteiger partial charge in [0, 0.05) is 30.2 Å². The summed E-state index contributed by atoms with van der Waals surface area (Å²) in [5, 5.41) is 16.4. The lowest BCUT2D eigenvalue weighted by molar-refractivity contribution is -0.0407. The number of benzene rings is 1. The minimum absolute atomic E-state index is 0.0262. The van der Waals surface area contributed by atoms with Gasteiger partial charge < -0.3 is 14.4 Å². The van der Waals surface area contributed by atoms with E-state index in [1.54, 1.807) is 0 Å². The zero-order valence-corrected chi connectivity index (χ0v) is 16.9. The summed E-state index contributed by atoms with van der Waals surface area (Å²) in [5.41, 5.74) is 2.36. The molecule has 1 fully saturated rings. The van der Waals surface area contributed by atoms with E-state index in [1.807, 2.05) is 27.4 Å². The number of hydrogen-bond acceptors (Lipinski definition) is 4. The molecule has 4 rings (SSSR count). The van der Waals surface area contributed by atoms with E-state index in [9.17, 15) is 9.90 Å². The number of rotatable bonds is 6. The molecule has 0 saturated carbocycles. The smallest absolute Gasteiger partial charge is 0.262 e. The standard InChI is InChI=1S/C21H26ClN3O3/c1-2-10-24-16-9-8-14(22)13-15(16)20-19(21(24)27)17(6-5-11-26)25(23-20)18-7-3-4-12-28-18/h8-9,13,18,26H,2-7,10-12H2,1H3. The summed E-state index contributed by atoms with van der Waals surface area (Å²) in [6, 6.07) is 5.60. The number of aliphatic hydroxyl groups is 1. The first kappa shape index (κ1) is 19.4. The Kier molecular flexibility index (Phi) is 5.71. The lowest BCUT2D eigenvalue weighted by Crippen LogP contribution is -2.23. The fraction of sp³-hybridized carbons (Fsp3) is 0.524. The Balaban J connectivity index is 2.05. The number of pyridine rings is 1. The monoisotopic (exact) mass is 403 g/mol. The van der Waals surface area contributed by atoms with E-state index in [0.717, 1.165) is 42.3 Å². The molecule has 1 aliphatic rings. The van der Waals surface area contributed by atoms with Crippen LogP contribution < -0.4 is 5.56 Å². The molecule has 0 bridgehead atoms. The fourth-order valence-corrected chi connectivity index (χ4v) is 4.32. The third-order valence-corrected chi connectivity index (χ3v) is 5.66. The summed E-state index contributed by atoms with van der Waals surface area (Å²) < 4.78 is 9.68. The molecule has 6 nitrogen and oxygen atoms in total. The van der Waals surface area contributed by atoms with Crippen LogP contribution in [-0.4, -0.2) is 32.7 Å². The largest absolute Gasteiger partial charge is 0.396 e. The van der Waals surface area contributed by atoms with Crippen LogP contribution in [0, 0.1) is 0 Å². The lowest BCUT2D eigenvalue weighted by Gasteiger charge is -2.24. The summed E-state index contributed by atoms with van der Waals surface area (Å²) in [6.07, 6.45) is 4.85. The second-order valence-corrected chi connectivity index (χ2v) is 7.82. The SMILES string of the molecule is CCCn1c(=O)c2c(CCCO)n(C3CCCCO3)nc2c2cc(Cl)ccc21. The molecule has 7 heteroatoms. The summed E-state index contributed by atoms with van der Waals surface area (Å²) >= 11 is 6.29. The number of aromatic nitrogens is 3. The average molecular weight is 404 g/mol. The molecule has 28 heavy (non-hydrogen) atoms. The van der Waals surface area contributed by atoms with Crippen LogP contribution >= 0.6 is 11.6 Å². The first-order valence-corrected chi connectivity index (χ1v) is 10.5. The first-order valence-electron chi connectivity index (χ1n) is 10.1. The van der Waals surface area contributed by atoms with Gasteiger partial charge in [0.1, 0.15) is 5.52 Å². The predicted molar refractivity (Wildman–Crippen MR) is 111 cm³/mol. The van der Waals surface area contributed by atoms with Crippen LogP contribution in [-0.2, 0) is 17.7 Å². The third kappa shape index (κ3) is 3.34. The quantitative estimate of drug-likeness (QED) is 0.674. The minimum atomic E-state index is -0.164. The van der Waals surface area contributed by atoms with E-state index in [4.69, 9.17) is 21.4 Å². The zero-order valence-electron chi connectivity index (χ0n) is 16.2. The van der Waals surface area contributed by atoms with Gasteiger partial charge in [-0.25, -0.2) is 4.68 Å². The molecule has 1 saturated heterocycles. The van der Waals surface area contributed by atoms with Gasteiger partial charge in [-0.2, -0.15) is 5.10 Å². The summed E-state index contributed by atoms with van der Waals surface area (Å²) in [4.78, 5) is 13.5. The highest BCUT2D eigenvalue weighted by molar-refractivity contribution is 6.31. The minimum Gasteiger partial charge on any atom is -0.396 e. The highest BCUT2D eigenvalue weighted by atomic mass is 35.5. The van der Waals surface area contributed by atoms with Gasteiger partial charge in [-0.3, -0.25) is 4.79 Å². The second kappa shape index (κ2) is 8.23. The van der Waals surface area contributed by atoms with Gasteiger partial charge in [0.05, 0.1) is 16.6 Å². The Labute approximate surface area is 168 Å². The van der Waals surface area contributed by atoms with E-state index in [-0.39, 0.29) is 18.4 Å². The molecule has 0 spiro atoms. The second-order valence-electron chi connectivity index (χ2n) is 7.38. The molecule has 1 aliphatic heterocycles. The summed E-state index contributed by atoms with van der Waals surface area (Å²) in [5.74, 6) is 0. The van der Waals surface area contributed by atoms with E-state index in [2.05, 4.69) is 6.92 Å². The number of ether oxygens (including phenoxy) is 1. The van der Waals surface area contributed by atoms with E-state index < -0.39 is 0 Å². The van der Waals surface area contributed by atoms with Crippen molar-refractivity contribution in [2.75, 3.05) is 13.2 Å². The van der Waals surface area contributed by atoms with Crippen molar-refractivity contribution in [1.29, 1.82) is 0 Å². The van der Waals surface area contributed by atoms with Crippen molar-refractivity contribution in [2.24, 2.45) is 0 Å². The summed E-state index contributed by atoms with van der Waals surface area (Å²) in [7, 11) is 0. The maximum absolute atomic E-state index is 13.5. The molecule has 0 aliphatic carbocycles. The normalized spacial score (nSPS) is 17.6. The molecular weight excluding hydrogens is 378 g/mol. The van der Waals surface area contributed by atoms with Gasteiger partial charge in [-0.1, -0.05) is 18.5 Å². The van der Waals surface area contributed by atoms with Crippen LogP contribution in [0.1, 0.15) is 50.9 Å². The molecule has 1 aromatic carbocycles. The number of hydrogen-bond donors (Lipinski definition) is 1.